The van der Waals surface area contributed by atoms with Gasteiger partial charge in [-0.15, -0.1) is 0 Å². The second-order valence-electron chi connectivity index (χ2n) is 7.86. The van der Waals surface area contributed by atoms with Gasteiger partial charge in [0.2, 0.25) is 10.0 Å². The summed E-state index contributed by atoms with van der Waals surface area (Å²) in [5, 5.41) is 0. The van der Waals surface area contributed by atoms with Gasteiger partial charge < -0.3 is 0 Å². The molecular weight excluding hydrogens is 437 g/mol. The van der Waals surface area contributed by atoms with Crippen LogP contribution in [-0.4, -0.2) is 43.8 Å². The Labute approximate surface area is 186 Å². The summed E-state index contributed by atoms with van der Waals surface area (Å²) in [6.07, 6.45) is 0. The van der Waals surface area contributed by atoms with Crippen LogP contribution in [0.1, 0.15) is 22.7 Å². The average Bonchev–Trinajstić information content (AvgIpc) is 2.78. The van der Waals surface area contributed by atoms with Crippen LogP contribution in [0.25, 0.3) is 0 Å². The quantitative estimate of drug-likeness (QED) is 0.563. The molecule has 32 heavy (non-hydrogen) atoms. The molecule has 0 radical (unpaired) electrons. The zero-order chi connectivity index (χ0) is 22.9. The number of halogens is 3. The molecule has 0 saturated carbocycles. The Bertz CT molecular complexity index is 1150. The molecular formula is C24H23F3N2O2S. The van der Waals surface area contributed by atoms with Crippen LogP contribution >= 0.6 is 0 Å². The Balaban J connectivity index is 1.59. The lowest BCUT2D eigenvalue weighted by molar-refractivity contribution is 0.155. The maximum absolute atomic E-state index is 13.7. The van der Waals surface area contributed by atoms with E-state index in [0.29, 0.717) is 18.7 Å². The van der Waals surface area contributed by atoms with E-state index in [-0.39, 0.29) is 35.7 Å². The minimum Gasteiger partial charge on any atom is -0.290 e. The first-order chi connectivity index (χ1) is 15.3. The molecule has 1 fully saturated rings. The lowest BCUT2D eigenvalue weighted by Gasteiger charge is -2.39. The van der Waals surface area contributed by atoms with Crippen molar-refractivity contribution in [3.05, 3.63) is 101 Å². The molecule has 8 heteroatoms. The smallest absolute Gasteiger partial charge is 0.243 e. The molecule has 4 nitrogen and oxygen atoms in total. The molecule has 1 heterocycles. The minimum atomic E-state index is -3.84. The highest BCUT2D eigenvalue weighted by atomic mass is 32.2. The predicted octanol–water partition coefficient (Wildman–Crippen LogP) is 4.51. The summed E-state index contributed by atoms with van der Waals surface area (Å²) < 4.78 is 68.3. The zero-order valence-electron chi connectivity index (χ0n) is 17.5. The van der Waals surface area contributed by atoms with Crippen molar-refractivity contribution < 1.29 is 21.6 Å². The summed E-state index contributed by atoms with van der Waals surface area (Å²) in [5.74, 6) is -1.30. The van der Waals surface area contributed by atoms with Crippen LogP contribution in [0.2, 0.25) is 0 Å². The molecule has 0 unspecified atom stereocenters. The molecule has 1 saturated heterocycles. The number of aryl methyl sites for hydroxylation is 1. The second kappa shape index (κ2) is 9.05. The first kappa shape index (κ1) is 22.5. The van der Waals surface area contributed by atoms with Crippen LogP contribution < -0.4 is 0 Å². The van der Waals surface area contributed by atoms with Gasteiger partial charge in [0.1, 0.15) is 17.5 Å². The molecule has 3 aromatic rings. The van der Waals surface area contributed by atoms with Crippen LogP contribution in [0.15, 0.2) is 71.6 Å². The van der Waals surface area contributed by atoms with Crippen LogP contribution in [0.5, 0.6) is 0 Å². The van der Waals surface area contributed by atoms with Gasteiger partial charge in [-0.3, -0.25) is 4.90 Å². The van der Waals surface area contributed by atoms with E-state index in [1.54, 1.807) is 31.2 Å². The zero-order valence-corrected chi connectivity index (χ0v) is 18.3. The van der Waals surface area contributed by atoms with Gasteiger partial charge in [0.05, 0.1) is 10.9 Å². The van der Waals surface area contributed by atoms with Crippen molar-refractivity contribution in [2.24, 2.45) is 0 Å². The Kier molecular flexibility index (Phi) is 6.37. The van der Waals surface area contributed by atoms with E-state index in [1.807, 2.05) is 0 Å². The maximum Gasteiger partial charge on any atom is 0.243 e. The van der Waals surface area contributed by atoms with Gasteiger partial charge in [0.15, 0.2) is 0 Å². The number of rotatable bonds is 5. The van der Waals surface area contributed by atoms with Gasteiger partial charge in [-0.25, -0.2) is 21.6 Å². The summed E-state index contributed by atoms with van der Waals surface area (Å²) in [4.78, 5) is 2.06. The fourth-order valence-corrected chi connectivity index (χ4v) is 5.76. The number of hydrogen-bond donors (Lipinski definition) is 0. The van der Waals surface area contributed by atoms with Gasteiger partial charge in [0, 0.05) is 26.2 Å². The number of nitrogens with zero attached hydrogens (tertiary/aromatic N) is 2. The molecule has 1 aliphatic rings. The van der Waals surface area contributed by atoms with Gasteiger partial charge in [-0.05, 0) is 60.0 Å². The molecule has 0 spiro atoms. The third kappa shape index (κ3) is 4.57. The van der Waals surface area contributed by atoms with Crippen molar-refractivity contribution in [2.45, 2.75) is 17.9 Å². The minimum absolute atomic E-state index is 0.0282. The molecule has 0 aliphatic carbocycles. The molecule has 1 aliphatic heterocycles. The first-order valence-corrected chi connectivity index (χ1v) is 11.7. The molecule has 4 rings (SSSR count). The van der Waals surface area contributed by atoms with Gasteiger partial charge in [-0.1, -0.05) is 30.3 Å². The highest BCUT2D eigenvalue weighted by molar-refractivity contribution is 7.89. The van der Waals surface area contributed by atoms with Crippen LogP contribution in [0, 0.1) is 24.4 Å². The number of hydrogen-bond acceptors (Lipinski definition) is 3. The second-order valence-corrected chi connectivity index (χ2v) is 9.76. The number of sulfonamides is 1. The van der Waals surface area contributed by atoms with Crippen molar-refractivity contribution in [3.63, 3.8) is 0 Å². The SMILES string of the molecule is Cc1ccc(F)cc1S(=O)(=O)N1CCN(C(c2ccc(F)cc2)c2ccc(F)cc2)CC1. The number of benzene rings is 3. The van der Waals surface area contributed by atoms with Crippen molar-refractivity contribution in [1.29, 1.82) is 0 Å². The summed E-state index contributed by atoms with van der Waals surface area (Å²) in [6, 6.07) is 15.7. The summed E-state index contributed by atoms with van der Waals surface area (Å²) in [7, 11) is -3.84. The summed E-state index contributed by atoms with van der Waals surface area (Å²) in [6.45, 7) is 2.90. The van der Waals surface area contributed by atoms with E-state index in [9.17, 15) is 21.6 Å². The van der Waals surface area contributed by atoms with E-state index in [0.717, 1.165) is 17.2 Å². The molecule has 0 N–H and O–H groups in total. The third-order valence-corrected chi connectivity index (χ3v) is 7.82. The van der Waals surface area contributed by atoms with Gasteiger partial charge >= 0.3 is 0 Å². The summed E-state index contributed by atoms with van der Waals surface area (Å²) >= 11 is 0. The molecule has 0 atom stereocenters. The third-order valence-electron chi connectivity index (χ3n) is 5.78. The van der Waals surface area contributed by atoms with Gasteiger partial charge in [0.25, 0.3) is 0 Å². The normalized spacial score (nSPS) is 15.9. The standard InChI is InChI=1S/C24H23F3N2O2S/c1-17-2-7-22(27)16-23(17)32(30,31)29-14-12-28(13-15-29)24(18-3-8-20(25)9-4-18)19-5-10-21(26)11-6-19/h2-11,16,24H,12-15H2,1H3. The highest BCUT2D eigenvalue weighted by Crippen LogP contribution is 2.31. The molecule has 168 valence electrons. The van der Waals surface area contributed by atoms with Crippen molar-refractivity contribution >= 4 is 10.0 Å². The fraction of sp³-hybridized carbons (Fsp3) is 0.250. The van der Waals surface area contributed by atoms with E-state index >= 15 is 0 Å². The Morgan fingerprint density at radius 2 is 1.19 bits per heavy atom. The Hall–Kier alpha value is -2.68. The largest absolute Gasteiger partial charge is 0.290 e. The maximum atomic E-state index is 13.7. The van der Waals surface area contributed by atoms with Gasteiger partial charge in [-0.2, -0.15) is 4.31 Å². The summed E-state index contributed by atoms with van der Waals surface area (Å²) in [5.41, 5.74) is 2.15. The van der Waals surface area contributed by atoms with E-state index in [4.69, 9.17) is 0 Å². The molecule has 0 amide bonds. The van der Waals surface area contributed by atoms with Crippen LogP contribution in [0.4, 0.5) is 13.2 Å². The van der Waals surface area contributed by atoms with E-state index in [1.165, 1.54) is 40.7 Å². The average molecular weight is 461 g/mol. The first-order valence-electron chi connectivity index (χ1n) is 10.3. The Morgan fingerprint density at radius 1 is 0.719 bits per heavy atom. The highest BCUT2D eigenvalue weighted by Gasteiger charge is 2.33. The molecule has 3 aromatic carbocycles. The van der Waals surface area contributed by atoms with Crippen molar-refractivity contribution in [3.8, 4) is 0 Å². The lowest BCUT2D eigenvalue weighted by Crippen LogP contribution is -2.49. The van der Waals surface area contributed by atoms with E-state index in [2.05, 4.69) is 4.90 Å². The number of piperazine rings is 1. The fourth-order valence-electron chi connectivity index (χ4n) is 4.10. The Morgan fingerprint density at radius 3 is 1.69 bits per heavy atom. The predicted molar refractivity (Wildman–Crippen MR) is 116 cm³/mol. The topological polar surface area (TPSA) is 40.6 Å². The van der Waals surface area contributed by atoms with Crippen molar-refractivity contribution in [1.82, 2.24) is 9.21 Å². The molecule has 0 aromatic heterocycles. The van der Waals surface area contributed by atoms with Crippen molar-refractivity contribution in [2.75, 3.05) is 26.2 Å². The monoisotopic (exact) mass is 460 g/mol. The van der Waals surface area contributed by atoms with E-state index < -0.39 is 15.8 Å². The lowest BCUT2D eigenvalue weighted by atomic mass is 9.96. The van der Waals surface area contributed by atoms with Crippen LogP contribution in [0.3, 0.4) is 0 Å². The molecule has 0 bridgehead atoms. The van der Waals surface area contributed by atoms with Crippen LogP contribution in [-0.2, 0) is 10.0 Å².